The Bertz CT molecular complexity index is 2670. The van der Waals surface area contributed by atoms with Gasteiger partial charge in [0.1, 0.15) is 0 Å². The first-order chi connectivity index (χ1) is 26.2. The average molecular weight is 697 g/mol. The molecule has 0 amide bonds. The summed E-state index contributed by atoms with van der Waals surface area (Å²) in [4.78, 5) is 0. The van der Waals surface area contributed by atoms with Crippen LogP contribution in [0, 0.1) is 0 Å². The molecule has 1 saturated heterocycles. The Kier molecular flexibility index (Phi) is 7.40. The van der Waals surface area contributed by atoms with Crippen LogP contribution < -0.4 is 5.46 Å². The third-order valence-corrected chi connectivity index (χ3v) is 12.4. The highest BCUT2D eigenvalue weighted by Crippen LogP contribution is 2.57. The van der Waals surface area contributed by atoms with E-state index in [1.807, 2.05) is 0 Å². The minimum absolute atomic E-state index is 0.379. The summed E-state index contributed by atoms with van der Waals surface area (Å²) in [6.45, 7) is 8.40. The van der Waals surface area contributed by atoms with Crippen LogP contribution in [0.2, 0.25) is 0 Å². The van der Waals surface area contributed by atoms with Crippen LogP contribution in [0.3, 0.4) is 0 Å². The summed E-state index contributed by atoms with van der Waals surface area (Å²) in [5.41, 5.74) is 12.3. The van der Waals surface area contributed by atoms with Gasteiger partial charge in [0.05, 0.1) is 16.6 Å². The quantitative estimate of drug-likeness (QED) is 0.167. The van der Waals surface area contributed by atoms with Crippen molar-refractivity contribution < 1.29 is 9.31 Å². The normalized spacial score (nSPS) is 16.4. The van der Waals surface area contributed by atoms with Gasteiger partial charge < -0.3 is 9.31 Å². The van der Waals surface area contributed by atoms with E-state index in [1.165, 1.54) is 77.2 Å². The van der Waals surface area contributed by atoms with Crippen LogP contribution >= 0.6 is 0 Å². The van der Waals surface area contributed by atoms with Crippen LogP contribution in [0.5, 0.6) is 0 Å². The van der Waals surface area contributed by atoms with Crippen LogP contribution in [0.1, 0.15) is 49.9 Å². The molecule has 10 rings (SSSR count). The van der Waals surface area contributed by atoms with E-state index in [4.69, 9.17) is 9.31 Å². The first-order valence-electron chi connectivity index (χ1n) is 19.0. The molecule has 8 aromatic rings. The molecule has 0 spiro atoms. The van der Waals surface area contributed by atoms with Crippen molar-refractivity contribution >= 4 is 34.1 Å². The molecule has 8 aromatic carbocycles. The summed E-state index contributed by atoms with van der Waals surface area (Å²) < 4.78 is 12.8. The molecule has 1 fully saturated rings. The Balaban J connectivity index is 1.13. The molecule has 0 radical (unpaired) electrons. The van der Waals surface area contributed by atoms with E-state index >= 15 is 0 Å². The fourth-order valence-corrected chi connectivity index (χ4v) is 8.79. The van der Waals surface area contributed by atoms with E-state index in [1.54, 1.807) is 0 Å². The molecule has 0 aromatic heterocycles. The Morgan fingerprint density at radius 1 is 0.370 bits per heavy atom. The monoisotopic (exact) mass is 696 g/mol. The standard InChI is InChI=1S/C51H41BO2/c1-49(2)50(3,4)54-52(53-49)44-26-23-38-30-37(21-22-39(38)31-44)41-25-28-46-45-27-24-40(36-20-19-34-13-11-12-14-35(34)29-36)32-47(45)51(48(46)33-41,42-15-7-5-8-16-42)43-17-9-6-10-18-43/h5-33H,1-4H3. The van der Waals surface area contributed by atoms with Gasteiger partial charge in [-0.05, 0) is 135 Å². The second-order valence-corrected chi connectivity index (χ2v) is 16.0. The number of hydrogen-bond donors (Lipinski definition) is 0. The molecule has 2 nitrogen and oxygen atoms in total. The second kappa shape index (κ2) is 12.1. The summed E-state index contributed by atoms with van der Waals surface area (Å²) in [6, 6.07) is 65.1. The first-order valence-corrected chi connectivity index (χ1v) is 19.0. The van der Waals surface area contributed by atoms with E-state index in [2.05, 4.69) is 204 Å². The largest absolute Gasteiger partial charge is 0.494 e. The molecular weight excluding hydrogens is 655 g/mol. The predicted octanol–water partition coefficient (Wildman–Crippen LogP) is 12.0. The minimum atomic E-state index is -0.509. The molecule has 0 bridgehead atoms. The summed E-state index contributed by atoms with van der Waals surface area (Å²) in [5, 5.41) is 4.86. The van der Waals surface area contributed by atoms with Crippen LogP contribution in [0.4, 0.5) is 0 Å². The lowest BCUT2D eigenvalue weighted by Gasteiger charge is -2.34. The van der Waals surface area contributed by atoms with Crippen molar-refractivity contribution in [3.05, 3.63) is 198 Å². The summed E-state index contributed by atoms with van der Waals surface area (Å²) in [5.74, 6) is 0. The highest BCUT2D eigenvalue weighted by molar-refractivity contribution is 6.62. The Morgan fingerprint density at radius 3 is 1.33 bits per heavy atom. The van der Waals surface area contributed by atoms with Gasteiger partial charge in [0.15, 0.2) is 0 Å². The predicted molar refractivity (Wildman–Crippen MR) is 225 cm³/mol. The lowest BCUT2D eigenvalue weighted by Crippen LogP contribution is -2.41. The maximum absolute atomic E-state index is 6.38. The maximum Gasteiger partial charge on any atom is 0.494 e. The minimum Gasteiger partial charge on any atom is -0.399 e. The topological polar surface area (TPSA) is 18.5 Å². The molecule has 1 heterocycles. The second-order valence-electron chi connectivity index (χ2n) is 16.0. The molecule has 1 aliphatic heterocycles. The van der Waals surface area contributed by atoms with Gasteiger partial charge in [0.2, 0.25) is 0 Å². The summed E-state index contributed by atoms with van der Waals surface area (Å²) in [6.07, 6.45) is 0. The van der Waals surface area contributed by atoms with Gasteiger partial charge >= 0.3 is 7.12 Å². The van der Waals surface area contributed by atoms with Gasteiger partial charge in [-0.15, -0.1) is 0 Å². The van der Waals surface area contributed by atoms with Crippen LogP contribution in [-0.4, -0.2) is 18.3 Å². The van der Waals surface area contributed by atoms with Gasteiger partial charge in [-0.3, -0.25) is 0 Å². The average Bonchev–Trinajstić information content (AvgIpc) is 3.62. The molecular formula is C51H41BO2. The zero-order valence-electron chi connectivity index (χ0n) is 31.1. The number of rotatable bonds is 5. The van der Waals surface area contributed by atoms with E-state index < -0.39 is 5.41 Å². The van der Waals surface area contributed by atoms with Gasteiger partial charge in [-0.25, -0.2) is 0 Å². The highest BCUT2D eigenvalue weighted by atomic mass is 16.7. The summed E-state index contributed by atoms with van der Waals surface area (Å²) in [7, 11) is -0.386. The van der Waals surface area contributed by atoms with Crippen molar-refractivity contribution in [2.45, 2.75) is 44.3 Å². The van der Waals surface area contributed by atoms with Crippen LogP contribution in [0.25, 0.3) is 54.9 Å². The number of fused-ring (bicyclic) bond motifs is 5. The Labute approximate surface area is 318 Å². The molecule has 3 heteroatoms. The van der Waals surface area contributed by atoms with Gasteiger partial charge in [-0.2, -0.15) is 0 Å². The number of benzene rings is 8. The molecule has 0 unspecified atom stereocenters. The molecule has 0 N–H and O–H groups in total. The van der Waals surface area contributed by atoms with E-state index in [9.17, 15) is 0 Å². The van der Waals surface area contributed by atoms with E-state index in [0.29, 0.717) is 0 Å². The molecule has 54 heavy (non-hydrogen) atoms. The fraction of sp³-hybridized carbons (Fsp3) is 0.137. The van der Waals surface area contributed by atoms with Crippen molar-refractivity contribution in [1.82, 2.24) is 0 Å². The molecule has 260 valence electrons. The van der Waals surface area contributed by atoms with Crippen molar-refractivity contribution in [1.29, 1.82) is 0 Å². The Morgan fingerprint density at radius 2 is 0.778 bits per heavy atom. The van der Waals surface area contributed by atoms with Crippen molar-refractivity contribution in [3.63, 3.8) is 0 Å². The number of hydrogen-bond acceptors (Lipinski definition) is 2. The Hall–Kier alpha value is -5.74. The molecule has 2 aliphatic rings. The SMILES string of the molecule is CC1(C)OB(c2ccc3cc(-c4ccc5c(c4)C(c4ccccc4)(c4ccccc4)c4cc(-c6ccc7ccccc7c6)ccc4-5)ccc3c2)OC1(C)C. The van der Waals surface area contributed by atoms with Gasteiger partial charge in [0, 0.05) is 0 Å². The van der Waals surface area contributed by atoms with Gasteiger partial charge in [-0.1, -0.05) is 152 Å². The van der Waals surface area contributed by atoms with Gasteiger partial charge in [0.25, 0.3) is 0 Å². The third-order valence-electron chi connectivity index (χ3n) is 12.4. The highest BCUT2D eigenvalue weighted by Gasteiger charge is 2.52. The van der Waals surface area contributed by atoms with Crippen molar-refractivity contribution in [2.75, 3.05) is 0 Å². The molecule has 1 aliphatic carbocycles. The van der Waals surface area contributed by atoms with E-state index in [-0.39, 0.29) is 18.3 Å². The van der Waals surface area contributed by atoms with E-state index in [0.717, 1.165) is 5.46 Å². The zero-order valence-corrected chi connectivity index (χ0v) is 31.1. The summed E-state index contributed by atoms with van der Waals surface area (Å²) >= 11 is 0. The lowest BCUT2D eigenvalue weighted by atomic mass is 9.67. The zero-order chi connectivity index (χ0) is 36.7. The van der Waals surface area contributed by atoms with Crippen LogP contribution in [-0.2, 0) is 14.7 Å². The van der Waals surface area contributed by atoms with Crippen molar-refractivity contribution in [2.24, 2.45) is 0 Å². The maximum atomic E-state index is 6.38. The molecule has 0 atom stereocenters. The first kappa shape index (κ1) is 32.9. The third kappa shape index (κ3) is 5.03. The van der Waals surface area contributed by atoms with Crippen LogP contribution in [0.15, 0.2) is 176 Å². The smallest absolute Gasteiger partial charge is 0.399 e. The fourth-order valence-electron chi connectivity index (χ4n) is 8.79. The lowest BCUT2D eigenvalue weighted by molar-refractivity contribution is 0.00578. The van der Waals surface area contributed by atoms with Crippen molar-refractivity contribution in [3.8, 4) is 33.4 Å². The molecule has 0 saturated carbocycles.